The van der Waals surface area contributed by atoms with Crippen molar-refractivity contribution in [2.75, 3.05) is 4.90 Å². The van der Waals surface area contributed by atoms with Crippen molar-refractivity contribution in [3.63, 3.8) is 0 Å². The van der Waals surface area contributed by atoms with Crippen molar-refractivity contribution >= 4 is 29.1 Å². The highest BCUT2D eigenvalue weighted by Gasteiger charge is 2.73. The molecule has 0 spiro atoms. The molecule has 1 saturated heterocycles. The SMILES string of the molecule is C[C@]12CC(=O)[C@](C)(CC1=O)[C@H]1C(=O)N(c3ccccc3)C(=O)[C@H]12. The summed E-state index contributed by atoms with van der Waals surface area (Å²) in [5, 5.41) is 0. The minimum absolute atomic E-state index is 0.0607. The van der Waals surface area contributed by atoms with Crippen LogP contribution in [0, 0.1) is 22.7 Å². The van der Waals surface area contributed by atoms with Gasteiger partial charge in [0.2, 0.25) is 11.8 Å². The van der Waals surface area contributed by atoms with Gasteiger partial charge in [-0.25, -0.2) is 4.90 Å². The number of nitrogens with zero attached hydrogens (tertiary/aromatic N) is 1. The number of para-hydroxylation sites is 1. The molecule has 1 aromatic carbocycles. The van der Waals surface area contributed by atoms with Gasteiger partial charge in [-0.2, -0.15) is 0 Å². The normalized spacial score (nSPS) is 39.1. The number of ketones is 2. The predicted molar refractivity (Wildman–Crippen MR) is 81.4 cm³/mol. The number of imide groups is 1. The Bertz CT molecular complexity index is 724. The quantitative estimate of drug-likeness (QED) is 0.741. The smallest absolute Gasteiger partial charge is 0.238 e. The Morgan fingerprint density at radius 1 is 0.826 bits per heavy atom. The Morgan fingerprint density at radius 2 is 1.26 bits per heavy atom. The van der Waals surface area contributed by atoms with E-state index in [0.717, 1.165) is 0 Å². The lowest BCUT2D eigenvalue weighted by Crippen LogP contribution is -2.62. The molecule has 1 aliphatic heterocycles. The van der Waals surface area contributed by atoms with Crippen LogP contribution in [-0.4, -0.2) is 23.4 Å². The minimum atomic E-state index is -1.05. The molecule has 118 valence electrons. The molecule has 1 aromatic rings. The van der Waals surface area contributed by atoms with E-state index >= 15 is 0 Å². The monoisotopic (exact) mass is 311 g/mol. The highest BCUT2D eigenvalue weighted by Crippen LogP contribution is 2.62. The maximum absolute atomic E-state index is 13.0. The van der Waals surface area contributed by atoms with Crippen molar-refractivity contribution in [3.05, 3.63) is 30.3 Å². The fourth-order valence-electron chi connectivity index (χ4n) is 4.62. The van der Waals surface area contributed by atoms with Gasteiger partial charge in [0.25, 0.3) is 0 Å². The Hall–Kier alpha value is -2.30. The van der Waals surface area contributed by atoms with Crippen LogP contribution in [0.5, 0.6) is 0 Å². The first-order valence-corrected chi connectivity index (χ1v) is 7.80. The van der Waals surface area contributed by atoms with E-state index in [0.29, 0.717) is 5.69 Å². The number of fused-ring (bicyclic) bond motifs is 2. The second-order valence-corrected chi connectivity index (χ2v) is 7.34. The minimum Gasteiger partial charge on any atom is -0.299 e. The van der Waals surface area contributed by atoms with Gasteiger partial charge in [-0.05, 0) is 12.1 Å². The number of hydrogen-bond acceptors (Lipinski definition) is 4. The molecule has 4 fully saturated rings. The van der Waals surface area contributed by atoms with Crippen LogP contribution in [-0.2, 0) is 19.2 Å². The van der Waals surface area contributed by atoms with Crippen molar-refractivity contribution in [1.29, 1.82) is 0 Å². The zero-order valence-electron chi connectivity index (χ0n) is 13.0. The van der Waals surface area contributed by atoms with E-state index < -0.39 is 22.7 Å². The topological polar surface area (TPSA) is 71.5 Å². The molecule has 23 heavy (non-hydrogen) atoms. The Labute approximate surface area is 133 Å². The number of anilines is 1. The summed E-state index contributed by atoms with van der Waals surface area (Å²) >= 11 is 0. The van der Waals surface area contributed by atoms with Crippen LogP contribution in [0.1, 0.15) is 26.7 Å². The summed E-state index contributed by atoms with van der Waals surface area (Å²) < 4.78 is 0. The zero-order chi connectivity index (χ0) is 16.6. The summed E-state index contributed by atoms with van der Waals surface area (Å²) in [7, 11) is 0. The van der Waals surface area contributed by atoms with E-state index in [-0.39, 0.29) is 36.2 Å². The van der Waals surface area contributed by atoms with E-state index in [4.69, 9.17) is 0 Å². The first-order chi connectivity index (χ1) is 10.8. The predicted octanol–water partition coefficient (Wildman–Crippen LogP) is 1.75. The van der Waals surface area contributed by atoms with Crippen LogP contribution in [0.15, 0.2) is 30.3 Å². The average Bonchev–Trinajstić information content (AvgIpc) is 2.78. The number of amides is 2. The average molecular weight is 311 g/mol. The fourth-order valence-corrected chi connectivity index (χ4v) is 4.62. The van der Waals surface area contributed by atoms with Crippen LogP contribution in [0.2, 0.25) is 0 Å². The molecular weight excluding hydrogens is 294 g/mol. The van der Waals surface area contributed by atoms with E-state index in [2.05, 4.69) is 0 Å². The van der Waals surface area contributed by atoms with Gasteiger partial charge in [0, 0.05) is 23.7 Å². The molecule has 0 unspecified atom stereocenters. The van der Waals surface area contributed by atoms with E-state index in [1.807, 2.05) is 0 Å². The maximum atomic E-state index is 13.0. The van der Waals surface area contributed by atoms with Crippen molar-refractivity contribution in [1.82, 2.24) is 0 Å². The summed E-state index contributed by atoms with van der Waals surface area (Å²) in [5.74, 6) is -2.28. The molecule has 1 heterocycles. The lowest BCUT2D eigenvalue weighted by atomic mass is 9.45. The Kier molecular flexibility index (Phi) is 2.59. The van der Waals surface area contributed by atoms with Gasteiger partial charge in [0.15, 0.2) is 0 Å². The number of benzene rings is 1. The Morgan fingerprint density at radius 3 is 1.70 bits per heavy atom. The molecule has 5 nitrogen and oxygen atoms in total. The van der Waals surface area contributed by atoms with Crippen LogP contribution in [0.25, 0.3) is 0 Å². The largest absolute Gasteiger partial charge is 0.299 e. The van der Waals surface area contributed by atoms with Crippen LogP contribution < -0.4 is 4.90 Å². The van der Waals surface area contributed by atoms with Gasteiger partial charge in [-0.3, -0.25) is 19.2 Å². The third kappa shape index (κ3) is 1.52. The lowest BCUT2D eigenvalue weighted by molar-refractivity contribution is -0.172. The van der Waals surface area contributed by atoms with Crippen molar-refractivity contribution < 1.29 is 19.2 Å². The van der Waals surface area contributed by atoms with Gasteiger partial charge in [-0.1, -0.05) is 32.0 Å². The molecule has 2 bridgehead atoms. The zero-order valence-corrected chi connectivity index (χ0v) is 13.0. The van der Waals surface area contributed by atoms with E-state index in [1.54, 1.807) is 44.2 Å². The molecule has 0 aromatic heterocycles. The highest BCUT2D eigenvalue weighted by atomic mass is 16.2. The van der Waals surface area contributed by atoms with Crippen LogP contribution in [0.4, 0.5) is 5.69 Å². The van der Waals surface area contributed by atoms with Gasteiger partial charge in [0.05, 0.1) is 17.5 Å². The molecule has 5 heteroatoms. The number of rotatable bonds is 1. The summed E-state index contributed by atoms with van der Waals surface area (Å²) in [5.41, 5.74) is -1.59. The van der Waals surface area contributed by atoms with Gasteiger partial charge in [0.1, 0.15) is 11.6 Å². The second kappa shape index (κ2) is 4.16. The van der Waals surface area contributed by atoms with Crippen molar-refractivity contribution in [2.24, 2.45) is 22.7 Å². The van der Waals surface area contributed by atoms with Crippen LogP contribution >= 0.6 is 0 Å². The van der Waals surface area contributed by atoms with Gasteiger partial charge < -0.3 is 0 Å². The highest BCUT2D eigenvalue weighted by molar-refractivity contribution is 6.26. The lowest BCUT2D eigenvalue weighted by Gasteiger charge is -2.53. The van der Waals surface area contributed by atoms with Crippen molar-refractivity contribution in [3.8, 4) is 0 Å². The molecular formula is C18H17NO4. The van der Waals surface area contributed by atoms with E-state index in [9.17, 15) is 19.2 Å². The molecule has 5 rings (SSSR count). The number of Topliss-reactive ketones (excluding diaryl/α,β-unsaturated/α-hetero) is 2. The van der Waals surface area contributed by atoms with Crippen molar-refractivity contribution in [2.45, 2.75) is 26.7 Å². The summed E-state index contributed by atoms with van der Waals surface area (Å²) in [6, 6.07) is 8.71. The molecule has 0 N–H and O–H groups in total. The second-order valence-electron chi connectivity index (χ2n) is 7.34. The first kappa shape index (κ1) is 14.3. The first-order valence-electron chi connectivity index (χ1n) is 7.80. The molecule has 3 saturated carbocycles. The van der Waals surface area contributed by atoms with Gasteiger partial charge in [-0.15, -0.1) is 0 Å². The molecule has 4 aliphatic rings. The summed E-state index contributed by atoms with van der Waals surface area (Å²) in [6.45, 7) is 3.34. The van der Waals surface area contributed by atoms with Gasteiger partial charge >= 0.3 is 0 Å². The summed E-state index contributed by atoms with van der Waals surface area (Å²) in [4.78, 5) is 52.2. The standard InChI is InChI=1S/C18H17NO4/c1-17-8-12(21)18(2,9-11(17)20)14-13(17)15(22)19(16(14)23)10-6-4-3-5-7-10/h3-7,13-14H,8-9H2,1-2H3/t13-,14+,17-,18-/m0/s1. The number of carbonyl (C=O) groups excluding carboxylic acids is 4. The third-order valence-corrected chi connectivity index (χ3v) is 6.02. The molecule has 3 aliphatic carbocycles. The fraction of sp³-hybridized carbons (Fsp3) is 0.444. The van der Waals surface area contributed by atoms with Crippen LogP contribution in [0.3, 0.4) is 0 Å². The third-order valence-electron chi connectivity index (χ3n) is 6.02. The maximum Gasteiger partial charge on any atom is 0.238 e. The molecule has 2 amide bonds. The molecule has 0 radical (unpaired) electrons. The number of hydrogen-bond donors (Lipinski definition) is 0. The molecule has 4 atom stereocenters. The number of carbonyl (C=O) groups is 4. The summed E-state index contributed by atoms with van der Waals surface area (Å²) in [6.07, 6.45) is 0.121. The van der Waals surface area contributed by atoms with E-state index in [1.165, 1.54) is 4.90 Å². The Balaban J connectivity index is 1.89.